The minimum atomic E-state index is -0.678. The Kier molecular flexibility index (Phi) is 8.22. The average Bonchev–Trinajstić information content (AvgIpc) is 3.05. The fourth-order valence-electron chi connectivity index (χ4n) is 3.78. The summed E-state index contributed by atoms with van der Waals surface area (Å²) in [6.07, 6.45) is 1.19. The van der Waals surface area contributed by atoms with Crippen LogP contribution in [0, 0.1) is 0 Å². The highest BCUT2D eigenvalue weighted by Crippen LogP contribution is 2.23. The molecule has 0 unspecified atom stereocenters. The van der Waals surface area contributed by atoms with Gasteiger partial charge in [-0.25, -0.2) is 0 Å². The van der Waals surface area contributed by atoms with Gasteiger partial charge in [0, 0.05) is 31.1 Å². The molecule has 2 aromatic rings. The van der Waals surface area contributed by atoms with E-state index < -0.39 is 6.04 Å². The maximum absolute atomic E-state index is 13.1. The molecule has 0 fully saturated rings. The van der Waals surface area contributed by atoms with E-state index in [-0.39, 0.29) is 43.1 Å². The van der Waals surface area contributed by atoms with E-state index in [9.17, 15) is 19.2 Å². The smallest absolute Gasteiger partial charge is 0.261 e. The Balaban J connectivity index is 1.66. The number of nitrogens with one attached hydrogen (secondary N) is 1. The molecular weight excluding hydrogens is 442 g/mol. The van der Waals surface area contributed by atoms with Crippen molar-refractivity contribution in [3.8, 4) is 0 Å². The Labute approximate surface area is 198 Å². The summed E-state index contributed by atoms with van der Waals surface area (Å²) in [6, 6.07) is 13.2. The van der Waals surface area contributed by atoms with Crippen LogP contribution in [-0.4, -0.2) is 52.6 Å². The Morgan fingerprint density at radius 2 is 1.73 bits per heavy atom. The molecule has 0 aromatic heterocycles. The van der Waals surface area contributed by atoms with Crippen LogP contribution in [0.2, 0.25) is 5.02 Å². The molecule has 8 heteroatoms. The third-order valence-corrected chi connectivity index (χ3v) is 5.84. The van der Waals surface area contributed by atoms with Crippen molar-refractivity contribution >= 4 is 35.2 Å². The van der Waals surface area contributed by atoms with Crippen molar-refractivity contribution in [2.24, 2.45) is 0 Å². The maximum atomic E-state index is 13.1. The lowest BCUT2D eigenvalue weighted by atomic mass is 10.1. The Morgan fingerprint density at radius 1 is 1.06 bits per heavy atom. The zero-order valence-corrected chi connectivity index (χ0v) is 19.6. The number of nitrogens with zero attached hydrogens (tertiary/aromatic N) is 2. The van der Waals surface area contributed by atoms with Gasteiger partial charge in [-0.05, 0) is 49.6 Å². The van der Waals surface area contributed by atoms with Gasteiger partial charge in [-0.1, -0.05) is 42.8 Å². The van der Waals surface area contributed by atoms with Crippen molar-refractivity contribution in [1.82, 2.24) is 15.1 Å². The van der Waals surface area contributed by atoms with Gasteiger partial charge in [0.25, 0.3) is 11.8 Å². The third-order valence-electron chi connectivity index (χ3n) is 5.61. The molecule has 0 bridgehead atoms. The second-order valence-electron chi connectivity index (χ2n) is 8.03. The largest absolute Gasteiger partial charge is 0.354 e. The molecule has 1 atom stereocenters. The minimum absolute atomic E-state index is 0.0966. The number of hydrogen-bond acceptors (Lipinski definition) is 4. The van der Waals surface area contributed by atoms with E-state index in [1.165, 1.54) is 9.80 Å². The molecule has 1 aliphatic heterocycles. The second kappa shape index (κ2) is 11.1. The summed E-state index contributed by atoms with van der Waals surface area (Å²) in [6.45, 7) is 4.55. The third kappa shape index (κ3) is 5.79. The second-order valence-corrected chi connectivity index (χ2v) is 8.47. The summed E-state index contributed by atoms with van der Waals surface area (Å²) in [4.78, 5) is 53.5. The molecule has 1 heterocycles. The summed E-state index contributed by atoms with van der Waals surface area (Å²) in [5.41, 5.74) is 1.58. The highest BCUT2D eigenvalue weighted by molar-refractivity contribution is 6.30. The highest BCUT2D eigenvalue weighted by atomic mass is 35.5. The number of halogens is 1. The molecule has 0 radical (unpaired) electrons. The number of benzene rings is 2. The molecule has 1 N–H and O–H groups in total. The predicted molar refractivity (Wildman–Crippen MR) is 126 cm³/mol. The van der Waals surface area contributed by atoms with Gasteiger partial charge < -0.3 is 10.2 Å². The fraction of sp³-hybridized carbons (Fsp3) is 0.360. The quantitative estimate of drug-likeness (QED) is 0.538. The molecule has 3 rings (SSSR count). The van der Waals surface area contributed by atoms with E-state index in [0.717, 1.165) is 12.0 Å². The topological polar surface area (TPSA) is 86.8 Å². The first-order valence-corrected chi connectivity index (χ1v) is 11.5. The number of carbonyl (C=O) groups excluding carboxylic acids is 4. The van der Waals surface area contributed by atoms with Gasteiger partial charge >= 0.3 is 0 Å². The van der Waals surface area contributed by atoms with Crippen LogP contribution in [-0.2, 0) is 16.1 Å². The van der Waals surface area contributed by atoms with E-state index in [1.807, 2.05) is 13.0 Å². The van der Waals surface area contributed by atoms with Gasteiger partial charge in [0.15, 0.2) is 0 Å². The van der Waals surface area contributed by atoms with Gasteiger partial charge in [-0.3, -0.25) is 24.1 Å². The first-order valence-electron chi connectivity index (χ1n) is 11.1. The molecule has 33 heavy (non-hydrogen) atoms. The SMILES string of the molecule is CCCNC(=O)[C@H](C)N(Cc1cccc(Cl)c1)C(=O)CCCN1C(=O)c2ccccc2C1=O. The van der Waals surface area contributed by atoms with Crippen molar-refractivity contribution < 1.29 is 19.2 Å². The number of amides is 4. The number of fused-ring (bicyclic) bond motifs is 1. The Morgan fingerprint density at radius 3 is 2.33 bits per heavy atom. The van der Waals surface area contributed by atoms with E-state index >= 15 is 0 Å². The van der Waals surface area contributed by atoms with Gasteiger partial charge in [-0.15, -0.1) is 0 Å². The van der Waals surface area contributed by atoms with Crippen molar-refractivity contribution in [2.75, 3.05) is 13.1 Å². The van der Waals surface area contributed by atoms with Crippen molar-refractivity contribution in [1.29, 1.82) is 0 Å². The number of hydrogen-bond donors (Lipinski definition) is 1. The van der Waals surface area contributed by atoms with Crippen molar-refractivity contribution in [3.05, 3.63) is 70.2 Å². The monoisotopic (exact) mass is 469 g/mol. The molecule has 0 aliphatic carbocycles. The van der Waals surface area contributed by atoms with Crippen LogP contribution >= 0.6 is 11.6 Å². The highest BCUT2D eigenvalue weighted by Gasteiger charge is 2.35. The van der Waals surface area contributed by atoms with Crippen LogP contribution in [0.3, 0.4) is 0 Å². The Hall–Kier alpha value is -3.19. The van der Waals surface area contributed by atoms with Crippen LogP contribution < -0.4 is 5.32 Å². The van der Waals surface area contributed by atoms with Gasteiger partial charge in [0.1, 0.15) is 6.04 Å². The number of carbonyl (C=O) groups is 4. The lowest BCUT2D eigenvalue weighted by Gasteiger charge is -2.29. The first-order chi connectivity index (χ1) is 15.8. The molecule has 0 saturated heterocycles. The summed E-state index contributed by atoms with van der Waals surface area (Å²) in [7, 11) is 0. The van der Waals surface area contributed by atoms with Crippen molar-refractivity contribution in [3.63, 3.8) is 0 Å². The first kappa shape index (κ1) is 24.5. The van der Waals surface area contributed by atoms with Crippen LogP contribution in [0.5, 0.6) is 0 Å². The molecule has 2 aromatic carbocycles. The van der Waals surface area contributed by atoms with Crippen LogP contribution in [0.4, 0.5) is 0 Å². The zero-order chi connectivity index (χ0) is 24.0. The minimum Gasteiger partial charge on any atom is -0.354 e. The van der Waals surface area contributed by atoms with Crippen molar-refractivity contribution in [2.45, 2.75) is 45.7 Å². The summed E-state index contributed by atoms with van der Waals surface area (Å²) in [5.74, 6) is -1.14. The average molecular weight is 470 g/mol. The predicted octanol–water partition coefficient (Wildman–Crippen LogP) is 3.66. The molecule has 174 valence electrons. The van der Waals surface area contributed by atoms with Crippen LogP contribution in [0.25, 0.3) is 0 Å². The van der Waals surface area contributed by atoms with E-state index in [1.54, 1.807) is 49.4 Å². The summed E-state index contributed by atoms with van der Waals surface area (Å²) < 4.78 is 0. The summed E-state index contributed by atoms with van der Waals surface area (Å²) in [5, 5.41) is 3.38. The molecule has 0 saturated carbocycles. The van der Waals surface area contributed by atoms with E-state index in [2.05, 4.69) is 5.32 Å². The molecule has 1 aliphatic rings. The normalized spacial score (nSPS) is 13.6. The van der Waals surface area contributed by atoms with Gasteiger partial charge in [0.05, 0.1) is 11.1 Å². The van der Waals surface area contributed by atoms with Crippen LogP contribution in [0.15, 0.2) is 48.5 Å². The lowest BCUT2D eigenvalue weighted by Crippen LogP contribution is -2.47. The van der Waals surface area contributed by atoms with E-state index in [4.69, 9.17) is 11.6 Å². The lowest BCUT2D eigenvalue weighted by molar-refractivity contribution is -0.140. The standard InChI is InChI=1S/C25H28ClN3O4/c1-3-13-27-23(31)17(2)29(16-18-8-6-9-19(26)15-18)22(30)12-7-14-28-24(32)20-10-4-5-11-21(20)25(28)33/h4-6,8-11,15,17H,3,7,12-14,16H2,1-2H3,(H,27,31)/t17-/m0/s1. The zero-order valence-electron chi connectivity index (χ0n) is 18.8. The molecular formula is C25H28ClN3O4. The van der Waals surface area contributed by atoms with E-state index in [0.29, 0.717) is 29.1 Å². The van der Waals surface area contributed by atoms with Gasteiger partial charge in [-0.2, -0.15) is 0 Å². The molecule has 7 nitrogen and oxygen atoms in total. The molecule has 4 amide bonds. The van der Waals surface area contributed by atoms with Gasteiger partial charge in [0.2, 0.25) is 11.8 Å². The summed E-state index contributed by atoms with van der Waals surface area (Å²) >= 11 is 6.09. The Bertz CT molecular complexity index is 1020. The number of rotatable bonds is 10. The number of imide groups is 1. The maximum Gasteiger partial charge on any atom is 0.261 e. The molecule has 0 spiro atoms. The van der Waals surface area contributed by atoms with Crippen LogP contribution in [0.1, 0.15) is 59.4 Å². The fourth-order valence-corrected chi connectivity index (χ4v) is 4.00.